The van der Waals surface area contributed by atoms with Crippen LogP contribution in [0.15, 0.2) is 84.2 Å². The van der Waals surface area contributed by atoms with Crippen molar-refractivity contribution in [1.82, 2.24) is 4.98 Å². The molecule has 0 unspecified atom stereocenters. The Morgan fingerprint density at radius 3 is 2.14 bits per heavy atom. The lowest BCUT2D eigenvalue weighted by Gasteiger charge is -2.17. The molecular formula is C25H22N2OS. The number of carbonyl (C=O) groups is 1. The van der Waals surface area contributed by atoms with Crippen LogP contribution in [-0.2, 0) is 4.79 Å². The molecule has 0 saturated heterocycles. The fourth-order valence-corrected chi connectivity index (χ4v) is 4.14. The lowest BCUT2D eigenvalue weighted by Crippen LogP contribution is -2.22. The fraction of sp³-hybridized carbons (Fsp3) is 0.120. The van der Waals surface area contributed by atoms with E-state index in [-0.39, 0.29) is 11.8 Å². The van der Waals surface area contributed by atoms with E-state index in [2.05, 4.69) is 42.3 Å². The minimum atomic E-state index is -0.384. The van der Waals surface area contributed by atoms with E-state index in [1.54, 1.807) is 0 Å². The van der Waals surface area contributed by atoms with Crippen LogP contribution in [0.3, 0.4) is 0 Å². The fourth-order valence-electron chi connectivity index (χ4n) is 3.43. The number of amides is 1. The number of aryl methyl sites for hydroxylation is 2. The van der Waals surface area contributed by atoms with Crippen LogP contribution in [0.25, 0.3) is 11.3 Å². The molecule has 0 radical (unpaired) electrons. The number of thiazole rings is 1. The third kappa shape index (κ3) is 4.28. The van der Waals surface area contributed by atoms with Gasteiger partial charge in [-0.3, -0.25) is 4.79 Å². The number of nitrogens with one attached hydrogen (secondary N) is 1. The van der Waals surface area contributed by atoms with Gasteiger partial charge in [-0.15, -0.1) is 11.3 Å². The Kier molecular flexibility index (Phi) is 5.54. The highest BCUT2D eigenvalue weighted by Gasteiger charge is 2.23. The summed E-state index contributed by atoms with van der Waals surface area (Å²) in [4.78, 5) is 17.9. The molecule has 4 heteroatoms. The predicted molar refractivity (Wildman–Crippen MR) is 120 cm³/mol. The molecule has 1 heterocycles. The van der Waals surface area contributed by atoms with Crippen LogP contribution in [0.1, 0.15) is 28.2 Å². The van der Waals surface area contributed by atoms with Gasteiger partial charge >= 0.3 is 0 Å². The molecule has 0 bridgehead atoms. The zero-order valence-electron chi connectivity index (χ0n) is 16.4. The van der Waals surface area contributed by atoms with Gasteiger partial charge in [0.25, 0.3) is 0 Å². The molecule has 0 aliphatic heterocycles. The number of carbonyl (C=O) groups excluding carboxylic acids is 1. The zero-order valence-corrected chi connectivity index (χ0v) is 17.2. The zero-order chi connectivity index (χ0) is 20.2. The Hall–Kier alpha value is -3.24. The summed E-state index contributed by atoms with van der Waals surface area (Å²) in [5.41, 5.74) is 6.28. The number of anilines is 1. The first-order valence-electron chi connectivity index (χ1n) is 9.56. The average Bonchev–Trinajstić information content (AvgIpc) is 3.20. The van der Waals surface area contributed by atoms with Crippen molar-refractivity contribution >= 4 is 22.4 Å². The minimum absolute atomic E-state index is 0.0794. The highest BCUT2D eigenvalue weighted by molar-refractivity contribution is 7.14. The van der Waals surface area contributed by atoms with E-state index in [1.807, 2.05) is 66.0 Å². The average molecular weight is 399 g/mol. The molecule has 0 aliphatic rings. The summed E-state index contributed by atoms with van der Waals surface area (Å²) in [6.45, 7) is 4.15. The number of nitrogens with zero attached hydrogens (tertiary/aromatic N) is 1. The van der Waals surface area contributed by atoms with E-state index >= 15 is 0 Å². The smallest absolute Gasteiger partial charge is 0.238 e. The summed E-state index contributed by atoms with van der Waals surface area (Å²) in [7, 11) is 0. The van der Waals surface area contributed by atoms with Gasteiger partial charge in [0.05, 0.1) is 11.6 Å². The third-order valence-corrected chi connectivity index (χ3v) is 5.69. The van der Waals surface area contributed by atoms with E-state index in [1.165, 1.54) is 22.5 Å². The summed E-state index contributed by atoms with van der Waals surface area (Å²) < 4.78 is 0. The number of hydrogen-bond donors (Lipinski definition) is 1. The summed E-state index contributed by atoms with van der Waals surface area (Å²) in [6.07, 6.45) is 0. The molecule has 29 heavy (non-hydrogen) atoms. The normalized spacial score (nSPS) is 10.9. The quantitative estimate of drug-likeness (QED) is 0.435. The van der Waals surface area contributed by atoms with E-state index in [0.29, 0.717) is 5.13 Å². The van der Waals surface area contributed by atoms with Crippen molar-refractivity contribution in [3.05, 3.63) is 106 Å². The first-order valence-corrected chi connectivity index (χ1v) is 10.4. The molecule has 0 atom stereocenters. The molecule has 0 saturated carbocycles. The first-order chi connectivity index (χ1) is 14.1. The SMILES string of the molecule is Cc1ccc(C)c(-c2csc(NC(=O)C(c3ccccc3)c3ccccc3)n2)c1. The van der Waals surface area contributed by atoms with Gasteiger partial charge in [-0.05, 0) is 36.6 Å². The number of hydrogen-bond acceptors (Lipinski definition) is 3. The maximum absolute atomic E-state index is 13.2. The van der Waals surface area contributed by atoms with Crippen molar-refractivity contribution in [2.75, 3.05) is 5.32 Å². The van der Waals surface area contributed by atoms with Gasteiger partial charge < -0.3 is 5.32 Å². The largest absolute Gasteiger partial charge is 0.301 e. The Bertz CT molecular complexity index is 1080. The topological polar surface area (TPSA) is 42.0 Å². The van der Waals surface area contributed by atoms with Crippen LogP contribution in [0.5, 0.6) is 0 Å². The first kappa shape index (κ1) is 19.1. The molecule has 0 fully saturated rings. The van der Waals surface area contributed by atoms with Crippen molar-refractivity contribution in [1.29, 1.82) is 0 Å². The molecule has 144 valence electrons. The molecule has 4 rings (SSSR count). The van der Waals surface area contributed by atoms with Gasteiger partial charge in [-0.1, -0.05) is 78.4 Å². The number of rotatable bonds is 5. The maximum Gasteiger partial charge on any atom is 0.238 e. The molecule has 3 aromatic carbocycles. The summed E-state index contributed by atoms with van der Waals surface area (Å²) in [5.74, 6) is -0.463. The summed E-state index contributed by atoms with van der Waals surface area (Å²) >= 11 is 1.45. The monoisotopic (exact) mass is 398 g/mol. The van der Waals surface area contributed by atoms with Crippen LogP contribution in [0.2, 0.25) is 0 Å². The van der Waals surface area contributed by atoms with Crippen LogP contribution in [0.4, 0.5) is 5.13 Å². The van der Waals surface area contributed by atoms with E-state index in [9.17, 15) is 4.79 Å². The highest BCUT2D eigenvalue weighted by atomic mass is 32.1. The molecular weight excluding hydrogens is 376 g/mol. The second kappa shape index (κ2) is 8.41. The van der Waals surface area contributed by atoms with Gasteiger partial charge in [0, 0.05) is 10.9 Å². The molecule has 1 aromatic heterocycles. The Morgan fingerprint density at radius 1 is 0.897 bits per heavy atom. The van der Waals surface area contributed by atoms with Gasteiger partial charge in [0.15, 0.2) is 5.13 Å². The third-order valence-electron chi connectivity index (χ3n) is 4.93. The standard InChI is InChI=1S/C25H22N2OS/c1-17-13-14-18(2)21(15-17)22-16-29-25(26-22)27-24(28)23(19-9-5-3-6-10-19)20-11-7-4-8-12-20/h3-16,23H,1-2H3,(H,26,27,28). The molecule has 0 spiro atoms. The van der Waals surface area contributed by atoms with Crippen LogP contribution in [-0.4, -0.2) is 10.9 Å². The van der Waals surface area contributed by atoms with Crippen molar-refractivity contribution in [3.8, 4) is 11.3 Å². The van der Waals surface area contributed by atoms with Gasteiger partial charge in [0.2, 0.25) is 5.91 Å². The van der Waals surface area contributed by atoms with E-state index in [0.717, 1.165) is 22.4 Å². The van der Waals surface area contributed by atoms with E-state index in [4.69, 9.17) is 0 Å². The highest BCUT2D eigenvalue weighted by Crippen LogP contribution is 2.30. The number of benzene rings is 3. The predicted octanol–water partition coefficient (Wildman–Crippen LogP) is 6.20. The van der Waals surface area contributed by atoms with Crippen molar-refractivity contribution in [2.45, 2.75) is 19.8 Å². The second-order valence-electron chi connectivity index (χ2n) is 7.10. The van der Waals surface area contributed by atoms with E-state index < -0.39 is 0 Å². The lowest BCUT2D eigenvalue weighted by atomic mass is 9.90. The molecule has 3 nitrogen and oxygen atoms in total. The second-order valence-corrected chi connectivity index (χ2v) is 7.96. The van der Waals surface area contributed by atoms with Gasteiger partial charge in [0.1, 0.15) is 0 Å². The van der Waals surface area contributed by atoms with Crippen LogP contribution >= 0.6 is 11.3 Å². The maximum atomic E-state index is 13.2. The van der Waals surface area contributed by atoms with Crippen LogP contribution in [0, 0.1) is 13.8 Å². The Labute approximate surface area is 175 Å². The molecule has 1 amide bonds. The van der Waals surface area contributed by atoms with Gasteiger partial charge in [-0.2, -0.15) is 0 Å². The Balaban J connectivity index is 1.62. The van der Waals surface area contributed by atoms with Crippen molar-refractivity contribution in [2.24, 2.45) is 0 Å². The minimum Gasteiger partial charge on any atom is -0.301 e. The van der Waals surface area contributed by atoms with Crippen molar-refractivity contribution < 1.29 is 4.79 Å². The summed E-state index contributed by atoms with van der Waals surface area (Å²) in [5, 5.41) is 5.64. The van der Waals surface area contributed by atoms with Gasteiger partial charge in [-0.25, -0.2) is 4.98 Å². The molecule has 1 N–H and O–H groups in total. The Morgan fingerprint density at radius 2 is 1.52 bits per heavy atom. The molecule has 4 aromatic rings. The van der Waals surface area contributed by atoms with Crippen LogP contribution < -0.4 is 5.32 Å². The lowest BCUT2D eigenvalue weighted by molar-refractivity contribution is -0.116. The molecule has 0 aliphatic carbocycles. The number of aromatic nitrogens is 1. The van der Waals surface area contributed by atoms with Crippen molar-refractivity contribution in [3.63, 3.8) is 0 Å². The summed E-state index contributed by atoms with van der Waals surface area (Å²) in [6, 6.07) is 26.0.